The minimum absolute atomic E-state index is 0.105. The van der Waals surface area contributed by atoms with Crippen LogP contribution in [0, 0.1) is 5.92 Å². The Labute approximate surface area is 119 Å². The Hall–Kier alpha value is -1.10. The molecule has 0 aliphatic carbocycles. The zero-order valence-electron chi connectivity index (χ0n) is 11.2. The Kier molecular flexibility index (Phi) is 4.80. The van der Waals surface area contributed by atoms with Crippen LogP contribution in [0.1, 0.15) is 5.56 Å². The van der Waals surface area contributed by atoms with E-state index in [1.54, 1.807) is 0 Å². The van der Waals surface area contributed by atoms with E-state index in [1.807, 2.05) is 25.2 Å². The molecule has 0 bridgehead atoms. The quantitative estimate of drug-likeness (QED) is 0.905. The standard InChI is InChI=1S/C14H20ClN3O/c1-17-5-6-18(10-12(9-17)14(16)19)8-11-3-2-4-13(15)7-11/h2-4,7,12H,5-6,8-10H2,1H3,(H2,16,19)/t12-/m0/s1. The topological polar surface area (TPSA) is 49.6 Å². The maximum atomic E-state index is 11.5. The summed E-state index contributed by atoms with van der Waals surface area (Å²) in [6, 6.07) is 7.84. The lowest BCUT2D eigenvalue weighted by atomic mass is 10.1. The molecule has 0 unspecified atom stereocenters. The number of likely N-dealkylation sites (N-methyl/N-ethyl adjacent to an activating group) is 1. The molecule has 104 valence electrons. The van der Waals surface area contributed by atoms with Crippen molar-refractivity contribution in [2.75, 3.05) is 33.2 Å². The molecule has 1 aliphatic heterocycles. The van der Waals surface area contributed by atoms with Crippen molar-refractivity contribution in [1.29, 1.82) is 0 Å². The summed E-state index contributed by atoms with van der Waals surface area (Å²) in [5, 5.41) is 0.746. The van der Waals surface area contributed by atoms with Crippen LogP contribution in [0.15, 0.2) is 24.3 Å². The van der Waals surface area contributed by atoms with E-state index in [9.17, 15) is 4.79 Å². The number of primary amides is 1. The molecule has 0 radical (unpaired) electrons. The Morgan fingerprint density at radius 2 is 2.21 bits per heavy atom. The lowest BCUT2D eigenvalue weighted by Gasteiger charge is -2.22. The van der Waals surface area contributed by atoms with Crippen molar-refractivity contribution >= 4 is 17.5 Å². The van der Waals surface area contributed by atoms with Gasteiger partial charge < -0.3 is 10.6 Å². The average molecular weight is 282 g/mol. The minimum Gasteiger partial charge on any atom is -0.369 e. The third-order valence-electron chi connectivity index (χ3n) is 3.51. The minimum atomic E-state index is -0.218. The van der Waals surface area contributed by atoms with E-state index in [4.69, 9.17) is 17.3 Å². The van der Waals surface area contributed by atoms with Crippen molar-refractivity contribution in [2.45, 2.75) is 6.54 Å². The van der Waals surface area contributed by atoms with Gasteiger partial charge >= 0.3 is 0 Å². The summed E-state index contributed by atoms with van der Waals surface area (Å²) in [5.41, 5.74) is 6.63. The molecule has 2 N–H and O–H groups in total. The molecule has 1 saturated heterocycles. The number of hydrogen-bond acceptors (Lipinski definition) is 3. The number of rotatable bonds is 3. The van der Waals surface area contributed by atoms with E-state index in [2.05, 4.69) is 15.9 Å². The highest BCUT2D eigenvalue weighted by Gasteiger charge is 2.24. The number of hydrogen-bond donors (Lipinski definition) is 1. The first kappa shape index (κ1) is 14.3. The molecule has 4 nitrogen and oxygen atoms in total. The highest BCUT2D eigenvalue weighted by molar-refractivity contribution is 6.30. The maximum Gasteiger partial charge on any atom is 0.223 e. The van der Waals surface area contributed by atoms with Crippen molar-refractivity contribution < 1.29 is 4.79 Å². The van der Waals surface area contributed by atoms with Gasteiger partial charge in [-0.15, -0.1) is 0 Å². The van der Waals surface area contributed by atoms with Crippen molar-refractivity contribution in [3.05, 3.63) is 34.9 Å². The third kappa shape index (κ3) is 4.20. The largest absolute Gasteiger partial charge is 0.369 e. The first-order valence-corrected chi connectivity index (χ1v) is 6.87. The van der Waals surface area contributed by atoms with Crippen LogP contribution in [0.4, 0.5) is 0 Å². The highest BCUT2D eigenvalue weighted by Crippen LogP contribution is 2.15. The fraction of sp³-hybridized carbons (Fsp3) is 0.500. The highest BCUT2D eigenvalue weighted by atomic mass is 35.5. The summed E-state index contributed by atoms with van der Waals surface area (Å²) < 4.78 is 0. The number of amides is 1. The number of halogens is 1. The van der Waals surface area contributed by atoms with Crippen LogP contribution in [-0.2, 0) is 11.3 Å². The molecule has 1 atom stereocenters. The van der Waals surface area contributed by atoms with E-state index in [0.29, 0.717) is 6.54 Å². The van der Waals surface area contributed by atoms with Crippen molar-refractivity contribution in [3.63, 3.8) is 0 Å². The van der Waals surface area contributed by atoms with Gasteiger partial charge in [0.1, 0.15) is 0 Å². The smallest absolute Gasteiger partial charge is 0.223 e. The Morgan fingerprint density at radius 3 is 2.89 bits per heavy atom. The van der Waals surface area contributed by atoms with Gasteiger partial charge in [0.15, 0.2) is 0 Å². The molecule has 0 aromatic heterocycles. The van der Waals surface area contributed by atoms with Crippen molar-refractivity contribution in [1.82, 2.24) is 9.80 Å². The fourth-order valence-corrected chi connectivity index (χ4v) is 2.67. The summed E-state index contributed by atoms with van der Waals surface area (Å²) in [7, 11) is 2.03. The Balaban J connectivity index is 2.04. The summed E-state index contributed by atoms with van der Waals surface area (Å²) >= 11 is 6.00. The van der Waals surface area contributed by atoms with Gasteiger partial charge in [-0.25, -0.2) is 0 Å². The molecule has 1 aromatic rings. The van der Waals surface area contributed by atoms with Gasteiger partial charge in [-0.1, -0.05) is 23.7 Å². The Morgan fingerprint density at radius 1 is 1.42 bits per heavy atom. The van der Waals surface area contributed by atoms with E-state index in [-0.39, 0.29) is 11.8 Å². The van der Waals surface area contributed by atoms with Gasteiger partial charge in [0.05, 0.1) is 5.92 Å². The lowest BCUT2D eigenvalue weighted by Crippen LogP contribution is -2.37. The van der Waals surface area contributed by atoms with Gasteiger partial charge in [0.25, 0.3) is 0 Å². The van der Waals surface area contributed by atoms with Crippen molar-refractivity contribution in [3.8, 4) is 0 Å². The number of nitrogens with two attached hydrogens (primary N) is 1. The zero-order valence-corrected chi connectivity index (χ0v) is 11.9. The van der Waals surface area contributed by atoms with E-state index < -0.39 is 0 Å². The van der Waals surface area contributed by atoms with Gasteiger partial charge in [0.2, 0.25) is 5.91 Å². The SMILES string of the molecule is CN1CCN(Cc2cccc(Cl)c2)C[C@@H](C(N)=O)C1. The lowest BCUT2D eigenvalue weighted by molar-refractivity contribution is -0.122. The summed E-state index contributed by atoms with van der Waals surface area (Å²) in [6.07, 6.45) is 0. The average Bonchev–Trinajstić information content (AvgIpc) is 2.52. The van der Waals surface area contributed by atoms with Gasteiger partial charge in [-0.05, 0) is 24.7 Å². The van der Waals surface area contributed by atoms with Gasteiger partial charge in [-0.2, -0.15) is 0 Å². The molecule has 2 rings (SSSR count). The second-order valence-corrected chi connectivity index (χ2v) is 5.66. The monoisotopic (exact) mass is 281 g/mol. The number of carbonyl (C=O) groups is 1. The molecule has 1 fully saturated rings. The normalized spacial score (nSPS) is 22.1. The predicted octanol–water partition coefficient (Wildman–Crippen LogP) is 1.19. The maximum absolute atomic E-state index is 11.5. The molecular weight excluding hydrogens is 262 g/mol. The summed E-state index contributed by atoms with van der Waals surface area (Å²) in [5.74, 6) is -0.323. The number of carbonyl (C=O) groups excluding carboxylic acids is 1. The Bertz CT molecular complexity index is 452. The molecule has 5 heteroatoms. The first-order valence-electron chi connectivity index (χ1n) is 6.49. The van der Waals surface area contributed by atoms with Crippen LogP contribution in [0.25, 0.3) is 0 Å². The molecule has 19 heavy (non-hydrogen) atoms. The molecule has 0 spiro atoms. The number of nitrogens with zero attached hydrogens (tertiary/aromatic N) is 2. The summed E-state index contributed by atoms with van der Waals surface area (Å²) in [4.78, 5) is 15.9. The van der Waals surface area contributed by atoms with Crippen LogP contribution in [-0.4, -0.2) is 48.9 Å². The molecule has 1 aromatic carbocycles. The molecule has 1 heterocycles. The van der Waals surface area contributed by atoms with Gasteiger partial charge in [-0.3, -0.25) is 9.69 Å². The van der Waals surface area contributed by atoms with E-state index in [0.717, 1.165) is 31.2 Å². The van der Waals surface area contributed by atoms with Crippen LogP contribution >= 0.6 is 11.6 Å². The zero-order chi connectivity index (χ0) is 13.8. The molecule has 1 amide bonds. The van der Waals surface area contributed by atoms with E-state index >= 15 is 0 Å². The molecule has 0 saturated carbocycles. The summed E-state index contributed by atoms with van der Waals surface area (Å²) in [6.45, 7) is 4.14. The van der Waals surface area contributed by atoms with Crippen molar-refractivity contribution in [2.24, 2.45) is 11.7 Å². The first-order chi connectivity index (χ1) is 9.04. The van der Waals surface area contributed by atoms with Crippen LogP contribution < -0.4 is 5.73 Å². The molecular formula is C14H20ClN3O. The number of benzene rings is 1. The second kappa shape index (κ2) is 6.37. The fourth-order valence-electron chi connectivity index (χ4n) is 2.46. The van der Waals surface area contributed by atoms with Gasteiger partial charge in [0, 0.05) is 37.7 Å². The molecule has 1 aliphatic rings. The van der Waals surface area contributed by atoms with Crippen LogP contribution in [0.3, 0.4) is 0 Å². The third-order valence-corrected chi connectivity index (χ3v) is 3.74. The predicted molar refractivity (Wildman–Crippen MR) is 76.9 cm³/mol. The van der Waals surface area contributed by atoms with Crippen LogP contribution in [0.5, 0.6) is 0 Å². The van der Waals surface area contributed by atoms with E-state index in [1.165, 1.54) is 5.56 Å². The second-order valence-electron chi connectivity index (χ2n) is 5.23. The van der Waals surface area contributed by atoms with Crippen LogP contribution in [0.2, 0.25) is 5.02 Å².